The third kappa shape index (κ3) is 5.09. The van der Waals surface area contributed by atoms with Crippen molar-refractivity contribution in [2.45, 2.75) is 32.2 Å². The summed E-state index contributed by atoms with van der Waals surface area (Å²) >= 11 is 3.15. The molecule has 0 fully saturated rings. The zero-order valence-electron chi connectivity index (χ0n) is 11.0. The van der Waals surface area contributed by atoms with Crippen LogP contribution in [0.3, 0.4) is 0 Å². The Labute approximate surface area is 127 Å². The van der Waals surface area contributed by atoms with Gasteiger partial charge in [0.2, 0.25) is 0 Å². The number of nitrogens with two attached hydrogens (primary N) is 1. The van der Waals surface area contributed by atoms with Crippen molar-refractivity contribution >= 4 is 34.2 Å². The fourth-order valence-electron chi connectivity index (χ4n) is 1.53. The number of amides is 1. The quantitative estimate of drug-likeness (QED) is 0.853. The van der Waals surface area contributed by atoms with E-state index in [1.165, 1.54) is 12.1 Å². The lowest BCUT2D eigenvalue weighted by Gasteiger charge is -2.26. The van der Waals surface area contributed by atoms with Crippen molar-refractivity contribution in [1.82, 2.24) is 5.32 Å². The molecular weight excluding hydrogens is 335 g/mol. The molecule has 0 radical (unpaired) electrons. The molecule has 0 aromatic heterocycles. The van der Waals surface area contributed by atoms with Gasteiger partial charge in [0, 0.05) is 16.6 Å². The number of benzene rings is 1. The number of hydrogen-bond donors (Lipinski definition) is 2. The number of carbonyl (C=O) groups is 1. The van der Waals surface area contributed by atoms with Gasteiger partial charge in [-0.15, -0.1) is 12.4 Å². The predicted octanol–water partition coefficient (Wildman–Crippen LogP) is 3.26. The fraction of sp³-hybridized carbons (Fsp3) is 0.462. The van der Waals surface area contributed by atoms with E-state index in [0.717, 1.165) is 12.8 Å². The molecule has 0 aliphatic carbocycles. The van der Waals surface area contributed by atoms with E-state index in [2.05, 4.69) is 21.2 Å². The second kappa shape index (κ2) is 7.82. The number of halogens is 3. The van der Waals surface area contributed by atoms with Crippen LogP contribution in [0.25, 0.3) is 0 Å². The van der Waals surface area contributed by atoms with Gasteiger partial charge >= 0.3 is 0 Å². The highest BCUT2D eigenvalue weighted by molar-refractivity contribution is 9.10. The molecule has 0 saturated carbocycles. The molecule has 0 aliphatic rings. The molecule has 3 nitrogen and oxygen atoms in total. The molecule has 1 rings (SSSR count). The molecule has 0 spiro atoms. The topological polar surface area (TPSA) is 55.1 Å². The Bertz CT molecular complexity index is 439. The lowest BCUT2D eigenvalue weighted by molar-refractivity contribution is 0.0938. The molecule has 1 amide bonds. The van der Waals surface area contributed by atoms with Gasteiger partial charge in [-0.25, -0.2) is 4.39 Å². The molecule has 1 aromatic carbocycles. The summed E-state index contributed by atoms with van der Waals surface area (Å²) in [5, 5.41) is 2.68. The summed E-state index contributed by atoms with van der Waals surface area (Å²) in [6.45, 7) is 4.28. The molecule has 0 unspecified atom stereocenters. The molecule has 0 bridgehead atoms. The maximum Gasteiger partial charge on any atom is 0.254 e. The Morgan fingerprint density at radius 3 is 2.47 bits per heavy atom. The molecule has 0 heterocycles. The van der Waals surface area contributed by atoms with Crippen molar-refractivity contribution in [3.8, 4) is 0 Å². The van der Waals surface area contributed by atoms with Crippen molar-refractivity contribution < 1.29 is 9.18 Å². The largest absolute Gasteiger partial charge is 0.350 e. The Hall–Kier alpha value is -0.650. The van der Waals surface area contributed by atoms with Crippen molar-refractivity contribution in [1.29, 1.82) is 0 Å². The lowest BCUT2D eigenvalue weighted by Crippen LogP contribution is -2.49. The highest BCUT2D eigenvalue weighted by atomic mass is 79.9. The van der Waals surface area contributed by atoms with Crippen LogP contribution >= 0.6 is 28.3 Å². The maximum absolute atomic E-state index is 13.6. The first-order valence-corrected chi connectivity index (χ1v) is 6.73. The Morgan fingerprint density at radius 1 is 1.42 bits per heavy atom. The second-order valence-corrected chi connectivity index (χ2v) is 5.29. The van der Waals surface area contributed by atoms with Crippen LogP contribution in [0.2, 0.25) is 0 Å². The first-order valence-electron chi connectivity index (χ1n) is 5.94. The average Bonchev–Trinajstić information content (AvgIpc) is 2.35. The zero-order chi connectivity index (χ0) is 13.8. The van der Waals surface area contributed by atoms with Crippen molar-refractivity contribution in [2.24, 2.45) is 5.73 Å². The molecule has 1 aromatic rings. The minimum absolute atomic E-state index is 0. The zero-order valence-corrected chi connectivity index (χ0v) is 13.4. The molecule has 0 saturated heterocycles. The van der Waals surface area contributed by atoms with E-state index >= 15 is 0 Å². The standard InChI is InChI=1S/C13H18BrFN2O.ClH/c1-3-13(16,4-2)8-17-12(18)10-6-5-9(14)7-11(10)15;/h5-7H,3-4,8,16H2,1-2H3,(H,17,18);1H. The van der Waals surface area contributed by atoms with Crippen LogP contribution in [0.4, 0.5) is 4.39 Å². The monoisotopic (exact) mass is 352 g/mol. The number of rotatable bonds is 5. The van der Waals surface area contributed by atoms with Crippen LogP contribution in [-0.4, -0.2) is 18.0 Å². The third-order valence-electron chi connectivity index (χ3n) is 3.19. The van der Waals surface area contributed by atoms with Gasteiger partial charge in [0.15, 0.2) is 0 Å². The lowest BCUT2D eigenvalue weighted by atomic mass is 9.94. The molecule has 108 valence electrons. The van der Waals surface area contributed by atoms with Gasteiger partial charge < -0.3 is 11.1 Å². The van der Waals surface area contributed by atoms with Crippen molar-refractivity contribution in [3.05, 3.63) is 34.1 Å². The SMILES string of the molecule is CCC(N)(CC)CNC(=O)c1ccc(Br)cc1F.Cl. The predicted molar refractivity (Wildman–Crippen MR) is 81.2 cm³/mol. The van der Waals surface area contributed by atoms with E-state index in [4.69, 9.17) is 5.73 Å². The summed E-state index contributed by atoms with van der Waals surface area (Å²) in [6.07, 6.45) is 1.51. The van der Waals surface area contributed by atoms with Gasteiger partial charge in [-0.2, -0.15) is 0 Å². The number of hydrogen-bond acceptors (Lipinski definition) is 2. The maximum atomic E-state index is 13.6. The molecular formula is C13H19BrClFN2O. The molecule has 0 atom stereocenters. The normalized spacial score (nSPS) is 10.8. The first kappa shape index (κ1) is 18.4. The Kier molecular flexibility index (Phi) is 7.55. The molecule has 6 heteroatoms. The highest BCUT2D eigenvalue weighted by Gasteiger charge is 2.22. The van der Waals surface area contributed by atoms with Gasteiger partial charge in [0.1, 0.15) is 5.82 Å². The summed E-state index contributed by atoms with van der Waals surface area (Å²) in [6, 6.07) is 4.35. The second-order valence-electron chi connectivity index (χ2n) is 4.38. The first-order chi connectivity index (χ1) is 8.41. The molecule has 19 heavy (non-hydrogen) atoms. The van der Waals surface area contributed by atoms with E-state index in [1.54, 1.807) is 6.07 Å². The average molecular weight is 354 g/mol. The van der Waals surface area contributed by atoms with E-state index in [-0.39, 0.29) is 18.0 Å². The highest BCUT2D eigenvalue weighted by Crippen LogP contribution is 2.16. The summed E-state index contributed by atoms with van der Waals surface area (Å²) in [5.41, 5.74) is 5.68. The Morgan fingerprint density at radius 2 is 2.00 bits per heavy atom. The number of carbonyl (C=O) groups excluding carboxylic acids is 1. The van der Waals surface area contributed by atoms with Gasteiger partial charge in [-0.1, -0.05) is 29.8 Å². The van der Waals surface area contributed by atoms with Crippen LogP contribution in [0.15, 0.2) is 22.7 Å². The van der Waals surface area contributed by atoms with Crippen LogP contribution < -0.4 is 11.1 Å². The summed E-state index contributed by atoms with van der Waals surface area (Å²) < 4.78 is 14.2. The molecule has 0 aliphatic heterocycles. The minimum Gasteiger partial charge on any atom is -0.350 e. The van der Waals surface area contributed by atoms with E-state index < -0.39 is 17.3 Å². The van der Waals surface area contributed by atoms with E-state index in [1.807, 2.05) is 13.8 Å². The number of nitrogens with one attached hydrogen (secondary N) is 1. The molecule has 3 N–H and O–H groups in total. The van der Waals surface area contributed by atoms with Crippen LogP contribution in [-0.2, 0) is 0 Å². The van der Waals surface area contributed by atoms with Gasteiger partial charge in [-0.05, 0) is 31.0 Å². The van der Waals surface area contributed by atoms with Crippen molar-refractivity contribution in [2.75, 3.05) is 6.54 Å². The van der Waals surface area contributed by atoms with E-state index in [9.17, 15) is 9.18 Å². The smallest absolute Gasteiger partial charge is 0.254 e. The summed E-state index contributed by atoms with van der Waals surface area (Å²) in [7, 11) is 0. The summed E-state index contributed by atoms with van der Waals surface area (Å²) in [4.78, 5) is 11.8. The van der Waals surface area contributed by atoms with Crippen LogP contribution in [0.1, 0.15) is 37.0 Å². The minimum atomic E-state index is -0.544. The summed E-state index contributed by atoms with van der Waals surface area (Å²) in [5.74, 6) is -0.978. The van der Waals surface area contributed by atoms with Gasteiger partial charge in [-0.3, -0.25) is 4.79 Å². The van der Waals surface area contributed by atoms with E-state index in [0.29, 0.717) is 11.0 Å². The van der Waals surface area contributed by atoms with Gasteiger partial charge in [0.25, 0.3) is 5.91 Å². The van der Waals surface area contributed by atoms with Crippen LogP contribution in [0, 0.1) is 5.82 Å². The van der Waals surface area contributed by atoms with Gasteiger partial charge in [0.05, 0.1) is 5.56 Å². The fourth-order valence-corrected chi connectivity index (χ4v) is 1.86. The van der Waals surface area contributed by atoms with Crippen molar-refractivity contribution in [3.63, 3.8) is 0 Å². The third-order valence-corrected chi connectivity index (χ3v) is 3.68. The Balaban J connectivity index is 0.00000324. The van der Waals surface area contributed by atoms with Crippen LogP contribution in [0.5, 0.6) is 0 Å².